The van der Waals surface area contributed by atoms with E-state index in [1.165, 1.54) is 29.4 Å². The second-order valence-corrected chi connectivity index (χ2v) is 10.3. The highest BCUT2D eigenvalue weighted by molar-refractivity contribution is 6.09. The Morgan fingerprint density at radius 1 is 1.10 bits per heavy atom. The molecule has 0 fully saturated rings. The number of carbonyl (C=O) groups excluding carboxylic acids is 2. The molecular weight excluding hydrogens is 529 g/mol. The number of nitrogens with zero attached hydrogens (tertiary/aromatic N) is 5. The van der Waals surface area contributed by atoms with Crippen LogP contribution in [0.1, 0.15) is 49.8 Å². The normalized spacial score (nSPS) is 15.6. The number of hydrogen-bond acceptors (Lipinski definition) is 7. The van der Waals surface area contributed by atoms with E-state index in [0.717, 1.165) is 12.1 Å². The molecule has 1 aromatic carbocycles. The topological polar surface area (TPSA) is 115 Å². The van der Waals surface area contributed by atoms with Gasteiger partial charge in [0.25, 0.3) is 5.91 Å². The summed E-state index contributed by atoms with van der Waals surface area (Å²) in [6, 6.07) is 9.11. The molecule has 0 spiro atoms. The van der Waals surface area contributed by atoms with Crippen molar-refractivity contribution in [3.63, 3.8) is 0 Å². The number of nitrogens with one attached hydrogen (secondary N) is 1. The van der Waals surface area contributed by atoms with Crippen LogP contribution in [0.25, 0.3) is 22.6 Å². The van der Waals surface area contributed by atoms with Gasteiger partial charge in [0.2, 0.25) is 0 Å². The number of alkyl halides is 3. The highest BCUT2D eigenvalue weighted by Crippen LogP contribution is 2.36. The first-order valence-corrected chi connectivity index (χ1v) is 12.3. The van der Waals surface area contributed by atoms with Crippen LogP contribution >= 0.6 is 0 Å². The van der Waals surface area contributed by atoms with Gasteiger partial charge < -0.3 is 14.2 Å². The van der Waals surface area contributed by atoms with Crippen molar-refractivity contribution in [3.8, 4) is 22.6 Å². The number of aromatic nitrogens is 4. The number of rotatable bonds is 4. The largest absolute Gasteiger partial charge is 0.444 e. The van der Waals surface area contributed by atoms with Crippen LogP contribution in [0.4, 0.5) is 29.5 Å². The molecule has 1 aliphatic rings. The number of benzene rings is 1. The number of anilines is 2. The monoisotopic (exact) mass is 554 g/mol. The third-order valence-corrected chi connectivity index (χ3v) is 6.08. The van der Waals surface area contributed by atoms with E-state index < -0.39 is 29.3 Å². The molecule has 0 radical (unpaired) electrons. The van der Waals surface area contributed by atoms with Crippen LogP contribution in [0.5, 0.6) is 0 Å². The van der Waals surface area contributed by atoms with Gasteiger partial charge in [0, 0.05) is 30.1 Å². The molecule has 4 aromatic rings. The first-order chi connectivity index (χ1) is 18.8. The van der Waals surface area contributed by atoms with Gasteiger partial charge >= 0.3 is 12.3 Å². The Morgan fingerprint density at radius 3 is 2.45 bits per heavy atom. The third-order valence-electron chi connectivity index (χ3n) is 6.08. The number of hydrogen-bond donors (Lipinski definition) is 1. The summed E-state index contributed by atoms with van der Waals surface area (Å²) < 4.78 is 51.4. The third kappa shape index (κ3) is 5.40. The standard InChI is InChI=1S/C27H25F3N6O4/c1-15-14-35(18-8-6-17(7-9-18)27(28,29)30)24(37)23-19(13-32-36(15)23)21-11-20(34-40-21)16-5-10-22(31-12-16)33-25(38)39-26(2,3)4/h5-13,15H,14H2,1-4H3,(H,31,33,38)/t15-/m0/s1. The van der Waals surface area contributed by atoms with Gasteiger partial charge in [-0.05, 0) is 64.1 Å². The molecule has 0 unspecified atom stereocenters. The highest BCUT2D eigenvalue weighted by atomic mass is 19.4. The van der Waals surface area contributed by atoms with Crippen molar-refractivity contribution < 1.29 is 32.0 Å². The Kier molecular flexibility index (Phi) is 6.60. The maximum atomic E-state index is 13.5. The second-order valence-electron chi connectivity index (χ2n) is 10.3. The lowest BCUT2D eigenvalue weighted by Gasteiger charge is -2.32. The summed E-state index contributed by atoms with van der Waals surface area (Å²) in [5, 5.41) is 11.0. The lowest BCUT2D eigenvalue weighted by atomic mass is 10.1. The summed E-state index contributed by atoms with van der Waals surface area (Å²) in [7, 11) is 0. The van der Waals surface area contributed by atoms with Gasteiger partial charge in [-0.25, -0.2) is 9.78 Å². The molecule has 3 aromatic heterocycles. The summed E-state index contributed by atoms with van der Waals surface area (Å²) in [6.45, 7) is 7.35. The van der Waals surface area contributed by atoms with E-state index in [2.05, 4.69) is 20.6 Å². The number of pyridine rings is 1. The average molecular weight is 555 g/mol. The molecule has 1 N–H and O–H groups in total. The van der Waals surface area contributed by atoms with E-state index in [9.17, 15) is 22.8 Å². The Labute approximate surface area is 226 Å². The Bertz CT molecular complexity index is 1550. The number of halogens is 3. The van der Waals surface area contributed by atoms with E-state index in [-0.39, 0.29) is 29.9 Å². The van der Waals surface area contributed by atoms with Crippen molar-refractivity contribution in [1.82, 2.24) is 19.9 Å². The predicted octanol–water partition coefficient (Wildman–Crippen LogP) is 6.19. The molecule has 13 heteroatoms. The van der Waals surface area contributed by atoms with Crippen LogP contribution < -0.4 is 10.2 Å². The van der Waals surface area contributed by atoms with Crippen LogP contribution in [0.3, 0.4) is 0 Å². The minimum atomic E-state index is -4.47. The molecule has 10 nitrogen and oxygen atoms in total. The smallest absolute Gasteiger partial charge is 0.416 e. The first-order valence-electron chi connectivity index (χ1n) is 12.3. The summed E-state index contributed by atoms with van der Waals surface area (Å²) in [5.41, 5.74) is 0.547. The maximum Gasteiger partial charge on any atom is 0.416 e. The van der Waals surface area contributed by atoms with E-state index >= 15 is 0 Å². The van der Waals surface area contributed by atoms with Crippen molar-refractivity contribution in [3.05, 3.63) is 66.1 Å². The first kappa shape index (κ1) is 26.9. The van der Waals surface area contributed by atoms with E-state index in [4.69, 9.17) is 9.26 Å². The van der Waals surface area contributed by atoms with E-state index in [1.807, 2.05) is 6.92 Å². The van der Waals surface area contributed by atoms with Gasteiger partial charge in [0.1, 0.15) is 22.8 Å². The van der Waals surface area contributed by atoms with Crippen LogP contribution in [0.2, 0.25) is 0 Å². The van der Waals surface area contributed by atoms with Gasteiger partial charge in [-0.1, -0.05) is 5.16 Å². The predicted molar refractivity (Wildman–Crippen MR) is 139 cm³/mol. The van der Waals surface area contributed by atoms with E-state index in [1.54, 1.807) is 43.7 Å². The van der Waals surface area contributed by atoms with Crippen LogP contribution in [0.15, 0.2) is 59.4 Å². The van der Waals surface area contributed by atoms with Crippen molar-refractivity contribution in [2.24, 2.45) is 0 Å². The minimum absolute atomic E-state index is 0.231. The molecule has 1 atom stereocenters. The van der Waals surface area contributed by atoms with Gasteiger partial charge in [0.15, 0.2) is 5.76 Å². The average Bonchev–Trinajstić information content (AvgIpc) is 3.53. The molecule has 1 aliphatic heterocycles. The number of ether oxygens (including phenoxy) is 1. The molecule has 0 aliphatic carbocycles. The molecule has 40 heavy (non-hydrogen) atoms. The van der Waals surface area contributed by atoms with Crippen LogP contribution in [-0.4, -0.2) is 44.1 Å². The molecule has 208 valence electrons. The van der Waals surface area contributed by atoms with Crippen molar-refractivity contribution in [1.29, 1.82) is 0 Å². The van der Waals surface area contributed by atoms with Crippen molar-refractivity contribution >= 4 is 23.5 Å². The summed E-state index contributed by atoms with van der Waals surface area (Å²) in [6.07, 6.45) is -2.11. The minimum Gasteiger partial charge on any atom is -0.444 e. The second kappa shape index (κ2) is 9.81. The van der Waals surface area contributed by atoms with Crippen LogP contribution in [-0.2, 0) is 10.9 Å². The van der Waals surface area contributed by atoms with E-state index in [0.29, 0.717) is 22.5 Å². The van der Waals surface area contributed by atoms with Gasteiger partial charge in [0.05, 0.1) is 23.4 Å². The fourth-order valence-corrected chi connectivity index (χ4v) is 4.26. The molecular formula is C27H25F3N6O4. The summed E-state index contributed by atoms with van der Waals surface area (Å²) >= 11 is 0. The Balaban J connectivity index is 1.37. The molecule has 2 amide bonds. The quantitative estimate of drug-likeness (QED) is 0.320. The van der Waals surface area contributed by atoms with Crippen molar-refractivity contribution in [2.45, 2.75) is 45.5 Å². The SMILES string of the molecule is C[C@H]1CN(c2ccc(C(F)(F)F)cc2)C(=O)c2c(-c3cc(-c4ccc(NC(=O)OC(C)(C)C)nc4)no3)cnn21. The fraction of sp³-hybridized carbons (Fsp3) is 0.296. The summed E-state index contributed by atoms with van der Waals surface area (Å²) in [5.74, 6) is 0.139. The lowest BCUT2D eigenvalue weighted by molar-refractivity contribution is -0.137. The zero-order valence-electron chi connectivity index (χ0n) is 22.0. The molecule has 0 saturated carbocycles. The number of fused-ring (bicyclic) bond motifs is 1. The molecule has 0 saturated heterocycles. The summed E-state index contributed by atoms with van der Waals surface area (Å²) in [4.78, 5) is 31.1. The zero-order valence-corrected chi connectivity index (χ0v) is 22.0. The Morgan fingerprint density at radius 2 is 1.82 bits per heavy atom. The van der Waals surface area contributed by atoms with Crippen LogP contribution in [0, 0.1) is 0 Å². The lowest BCUT2D eigenvalue weighted by Crippen LogP contribution is -2.42. The fourth-order valence-electron chi connectivity index (χ4n) is 4.26. The van der Waals surface area contributed by atoms with Gasteiger partial charge in [-0.3, -0.25) is 14.8 Å². The molecule has 5 rings (SSSR count). The maximum absolute atomic E-state index is 13.5. The zero-order chi connectivity index (χ0) is 28.8. The highest BCUT2D eigenvalue weighted by Gasteiger charge is 2.36. The van der Waals surface area contributed by atoms with Gasteiger partial charge in [-0.15, -0.1) is 0 Å². The molecule has 0 bridgehead atoms. The van der Waals surface area contributed by atoms with Crippen molar-refractivity contribution in [2.75, 3.05) is 16.8 Å². The van der Waals surface area contributed by atoms with Gasteiger partial charge in [-0.2, -0.15) is 18.3 Å². The Hall–Kier alpha value is -4.68. The number of carbonyl (C=O) groups is 2. The molecule has 4 heterocycles. The number of amides is 2.